The van der Waals surface area contributed by atoms with E-state index in [1.165, 1.54) is 12.1 Å². The van der Waals surface area contributed by atoms with E-state index in [9.17, 15) is 9.18 Å². The van der Waals surface area contributed by atoms with Gasteiger partial charge in [0, 0.05) is 30.3 Å². The Morgan fingerprint density at radius 2 is 1.83 bits per heavy atom. The van der Waals surface area contributed by atoms with Gasteiger partial charge in [0.1, 0.15) is 17.3 Å². The lowest BCUT2D eigenvalue weighted by Gasteiger charge is -2.13. The zero-order valence-electron chi connectivity index (χ0n) is 16.4. The first-order valence-electron chi connectivity index (χ1n) is 9.08. The normalized spacial score (nSPS) is 10.5. The predicted octanol–water partition coefficient (Wildman–Crippen LogP) is 4.71. The van der Waals surface area contributed by atoms with E-state index in [4.69, 9.17) is 14.2 Å². The van der Waals surface area contributed by atoms with E-state index in [0.29, 0.717) is 34.7 Å². The van der Waals surface area contributed by atoms with Gasteiger partial charge in [-0.1, -0.05) is 6.92 Å². The summed E-state index contributed by atoms with van der Waals surface area (Å²) in [5.41, 5.74) is 0.712. The van der Waals surface area contributed by atoms with Gasteiger partial charge in [-0.3, -0.25) is 4.98 Å². The quantitative estimate of drug-likeness (QED) is 0.601. The van der Waals surface area contributed by atoms with Crippen molar-refractivity contribution in [2.75, 3.05) is 26.1 Å². The number of urea groups is 1. The summed E-state index contributed by atoms with van der Waals surface area (Å²) >= 11 is 0. The number of carbonyl (C=O) groups excluding carboxylic acids is 1. The van der Waals surface area contributed by atoms with Crippen molar-refractivity contribution in [3.63, 3.8) is 0 Å². The lowest BCUT2D eigenvalue weighted by atomic mass is 10.2. The van der Waals surface area contributed by atoms with Crippen LogP contribution in [0.1, 0.15) is 13.3 Å². The predicted molar refractivity (Wildman–Crippen MR) is 109 cm³/mol. The number of carbonyl (C=O) groups is 1. The van der Waals surface area contributed by atoms with Gasteiger partial charge in [-0.25, -0.2) is 9.18 Å². The number of methoxy groups -OCH3 is 2. The first-order chi connectivity index (χ1) is 14.0. The van der Waals surface area contributed by atoms with Crippen LogP contribution in [0.4, 0.5) is 14.9 Å². The maximum absolute atomic E-state index is 14.4. The number of nitrogens with zero attached hydrogens (tertiary/aromatic N) is 1. The molecule has 1 heterocycles. The third-order valence-corrected chi connectivity index (χ3v) is 4.16. The molecule has 7 nitrogen and oxygen atoms in total. The molecule has 0 atom stereocenters. The lowest BCUT2D eigenvalue weighted by molar-refractivity contribution is 0.252. The van der Waals surface area contributed by atoms with Crippen LogP contribution in [0.2, 0.25) is 0 Å². The van der Waals surface area contributed by atoms with E-state index in [1.54, 1.807) is 44.7 Å². The van der Waals surface area contributed by atoms with Gasteiger partial charge >= 0.3 is 6.03 Å². The molecular formula is C21H22FN3O4. The minimum Gasteiger partial charge on any atom is -0.493 e. The topological polar surface area (TPSA) is 81.7 Å². The van der Waals surface area contributed by atoms with Crippen molar-refractivity contribution in [1.29, 1.82) is 0 Å². The molecule has 0 bridgehead atoms. The Kier molecular flexibility index (Phi) is 6.33. The second-order valence-corrected chi connectivity index (χ2v) is 6.16. The highest BCUT2D eigenvalue weighted by Gasteiger charge is 2.13. The van der Waals surface area contributed by atoms with Crippen molar-refractivity contribution in [2.45, 2.75) is 13.3 Å². The van der Waals surface area contributed by atoms with E-state index < -0.39 is 11.8 Å². The lowest BCUT2D eigenvalue weighted by Crippen LogP contribution is -2.29. The molecular weight excluding hydrogens is 377 g/mol. The number of hydrogen-bond donors (Lipinski definition) is 2. The van der Waals surface area contributed by atoms with Crippen molar-refractivity contribution >= 4 is 22.6 Å². The van der Waals surface area contributed by atoms with Gasteiger partial charge in [0.15, 0.2) is 11.5 Å². The van der Waals surface area contributed by atoms with Crippen LogP contribution in [-0.2, 0) is 0 Å². The molecule has 2 amide bonds. The van der Waals surface area contributed by atoms with E-state index >= 15 is 0 Å². The number of halogens is 1. The average molecular weight is 399 g/mol. The fraction of sp³-hybridized carbons (Fsp3) is 0.238. The van der Waals surface area contributed by atoms with Crippen molar-refractivity contribution in [2.24, 2.45) is 0 Å². The highest BCUT2D eigenvalue weighted by Crippen LogP contribution is 2.37. The van der Waals surface area contributed by atoms with Gasteiger partial charge in [-0.05, 0) is 30.7 Å². The zero-order valence-corrected chi connectivity index (χ0v) is 16.4. The second kappa shape index (κ2) is 9.09. The molecule has 3 aromatic rings. The minimum atomic E-state index is -0.605. The number of hydrogen-bond acceptors (Lipinski definition) is 5. The van der Waals surface area contributed by atoms with Crippen LogP contribution in [-0.4, -0.2) is 31.8 Å². The number of amides is 2. The second-order valence-electron chi connectivity index (χ2n) is 6.16. The van der Waals surface area contributed by atoms with E-state index in [0.717, 1.165) is 6.42 Å². The van der Waals surface area contributed by atoms with Gasteiger partial charge in [-0.2, -0.15) is 0 Å². The fourth-order valence-electron chi connectivity index (χ4n) is 2.73. The average Bonchev–Trinajstić information content (AvgIpc) is 2.73. The maximum atomic E-state index is 14.4. The number of benzene rings is 2. The highest BCUT2D eigenvalue weighted by atomic mass is 19.1. The van der Waals surface area contributed by atoms with Gasteiger partial charge in [0.25, 0.3) is 0 Å². The monoisotopic (exact) mass is 399 g/mol. The third-order valence-electron chi connectivity index (χ3n) is 4.16. The molecule has 8 heteroatoms. The molecule has 0 radical (unpaired) electrons. The summed E-state index contributed by atoms with van der Waals surface area (Å²) in [6.07, 6.45) is 2.38. The molecule has 152 valence electrons. The number of anilines is 1. The summed E-state index contributed by atoms with van der Waals surface area (Å²) < 4.78 is 30.9. The van der Waals surface area contributed by atoms with Crippen molar-refractivity contribution < 1.29 is 23.4 Å². The van der Waals surface area contributed by atoms with Gasteiger partial charge in [-0.15, -0.1) is 0 Å². The number of ether oxygens (including phenoxy) is 3. The fourth-order valence-corrected chi connectivity index (χ4v) is 2.73. The number of fused-ring (bicyclic) bond motifs is 1. The summed E-state index contributed by atoms with van der Waals surface area (Å²) in [6, 6.07) is 8.94. The van der Waals surface area contributed by atoms with Crippen LogP contribution in [0.3, 0.4) is 0 Å². The molecule has 0 unspecified atom stereocenters. The molecule has 0 saturated carbocycles. The minimum absolute atomic E-state index is 0.0666. The van der Waals surface area contributed by atoms with Crippen LogP contribution >= 0.6 is 0 Å². The van der Waals surface area contributed by atoms with Crippen molar-refractivity contribution in [3.8, 4) is 23.0 Å². The first-order valence-corrected chi connectivity index (χ1v) is 9.08. The number of aromatic nitrogens is 1. The first kappa shape index (κ1) is 20.2. The SMILES string of the molecule is CCCNC(=O)Nc1ccc(Oc2ccnc3cc(OC)c(OC)cc23)cc1F. The molecule has 2 N–H and O–H groups in total. The molecule has 0 spiro atoms. The molecule has 2 aromatic carbocycles. The Morgan fingerprint density at radius 3 is 2.52 bits per heavy atom. The molecule has 3 rings (SSSR count). The number of pyridine rings is 1. The summed E-state index contributed by atoms with van der Waals surface area (Å²) in [5, 5.41) is 5.78. The molecule has 0 aliphatic rings. The standard InChI is InChI=1S/C21H22FN3O4/c1-4-8-24-21(26)25-16-6-5-13(10-15(16)22)29-18-7-9-23-17-12-20(28-3)19(27-2)11-14(17)18/h5-7,9-12H,4,8H2,1-3H3,(H2,24,25,26). The molecule has 0 aliphatic carbocycles. The van der Waals surface area contributed by atoms with Crippen molar-refractivity contribution in [3.05, 3.63) is 48.4 Å². The summed E-state index contributed by atoms with van der Waals surface area (Å²) in [4.78, 5) is 16.0. The molecule has 0 fully saturated rings. The molecule has 29 heavy (non-hydrogen) atoms. The number of nitrogens with one attached hydrogen (secondary N) is 2. The maximum Gasteiger partial charge on any atom is 0.319 e. The Balaban J connectivity index is 1.85. The Bertz CT molecular complexity index is 1030. The zero-order chi connectivity index (χ0) is 20.8. The summed E-state index contributed by atoms with van der Waals surface area (Å²) in [5.74, 6) is 1.24. The van der Waals surface area contributed by atoms with Gasteiger partial charge < -0.3 is 24.8 Å². The third kappa shape index (κ3) is 4.66. The molecule has 1 aromatic heterocycles. The Hall–Kier alpha value is -3.55. The highest BCUT2D eigenvalue weighted by molar-refractivity contribution is 5.90. The van der Waals surface area contributed by atoms with E-state index in [2.05, 4.69) is 15.6 Å². The number of rotatable bonds is 7. The van der Waals surface area contributed by atoms with Gasteiger partial charge in [0.2, 0.25) is 0 Å². The van der Waals surface area contributed by atoms with Crippen LogP contribution in [0, 0.1) is 5.82 Å². The molecule has 0 aliphatic heterocycles. The van der Waals surface area contributed by atoms with Crippen LogP contribution in [0.25, 0.3) is 10.9 Å². The Labute approximate surface area is 167 Å². The van der Waals surface area contributed by atoms with Gasteiger partial charge in [0.05, 0.1) is 25.4 Å². The molecule has 0 saturated heterocycles. The smallest absolute Gasteiger partial charge is 0.319 e. The van der Waals surface area contributed by atoms with E-state index in [1.807, 2.05) is 6.92 Å². The van der Waals surface area contributed by atoms with Crippen LogP contribution in [0.15, 0.2) is 42.6 Å². The summed E-state index contributed by atoms with van der Waals surface area (Å²) in [7, 11) is 3.09. The van der Waals surface area contributed by atoms with Crippen molar-refractivity contribution in [1.82, 2.24) is 10.3 Å². The van der Waals surface area contributed by atoms with Crippen LogP contribution in [0.5, 0.6) is 23.0 Å². The largest absolute Gasteiger partial charge is 0.493 e. The van der Waals surface area contributed by atoms with E-state index in [-0.39, 0.29) is 11.4 Å². The Morgan fingerprint density at radius 1 is 1.07 bits per heavy atom. The summed E-state index contributed by atoms with van der Waals surface area (Å²) in [6.45, 7) is 2.44. The van der Waals surface area contributed by atoms with Crippen LogP contribution < -0.4 is 24.8 Å².